The second-order valence-corrected chi connectivity index (χ2v) is 18.1. The largest absolute Gasteiger partial charge is 0.462 e. The monoisotopic (exact) mass is 883 g/mol. The van der Waals surface area contributed by atoms with E-state index in [2.05, 4.69) is 69.4 Å². The molecule has 0 rings (SSSR count). The minimum atomic E-state index is -0.782. The van der Waals surface area contributed by atoms with E-state index >= 15 is 0 Å². The van der Waals surface area contributed by atoms with Gasteiger partial charge >= 0.3 is 17.9 Å². The highest BCUT2D eigenvalue weighted by Gasteiger charge is 2.19. The van der Waals surface area contributed by atoms with Crippen molar-refractivity contribution in [2.75, 3.05) is 13.2 Å². The van der Waals surface area contributed by atoms with E-state index in [0.29, 0.717) is 19.3 Å². The van der Waals surface area contributed by atoms with Gasteiger partial charge in [0.25, 0.3) is 0 Å². The molecule has 0 N–H and O–H groups in total. The summed E-state index contributed by atoms with van der Waals surface area (Å²) in [5, 5.41) is 0. The Morgan fingerprint density at radius 3 is 1.03 bits per heavy atom. The molecule has 0 amide bonds. The molecule has 63 heavy (non-hydrogen) atoms. The summed E-state index contributed by atoms with van der Waals surface area (Å²) in [5.74, 6) is -0.898. The Morgan fingerprint density at radius 1 is 0.333 bits per heavy atom. The lowest BCUT2D eigenvalue weighted by atomic mass is 10.0. The molecular weight excluding hydrogens is 781 g/mol. The van der Waals surface area contributed by atoms with Gasteiger partial charge in [-0.05, 0) is 70.6 Å². The van der Waals surface area contributed by atoms with Crippen LogP contribution in [0, 0.1) is 0 Å². The SMILES string of the molecule is CC/C=C\C/C=C\C/C=C\CCCCCCCC(=O)OC(COC(=O)CCCCCCC/C=C\CCCC)COC(=O)CCCCCCCCCCCCCCCCCCCCC. The van der Waals surface area contributed by atoms with Gasteiger partial charge in [-0.1, -0.05) is 236 Å². The molecule has 6 heteroatoms. The molecule has 0 spiro atoms. The Balaban J connectivity index is 4.32. The van der Waals surface area contributed by atoms with E-state index in [1.807, 2.05) is 0 Å². The highest BCUT2D eigenvalue weighted by molar-refractivity contribution is 5.71. The van der Waals surface area contributed by atoms with Crippen molar-refractivity contribution in [1.82, 2.24) is 0 Å². The van der Waals surface area contributed by atoms with Gasteiger partial charge in [0.2, 0.25) is 0 Å². The van der Waals surface area contributed by atoms with Crippen molar-refractivity contribution in [2.45, 2.75) is 284 Å². The predicted octanol–water partition coefficient (Wildman–Crippen LogP) is 17.9. The molecule has 1 atom stereocenters. The summed E-state index contributed by atoms with van der Waals surface area (Å²) in [6, 6.07) is 0. The maximum atomic E-state index is 12.8. The minimum absolute atomic E-state index is 0.0803. The van der Waals surface area contributed by atoms with Gasteiger partial charge in [0.15, 0.2) is 6.10 Å². The minimum Gasteiger partial charge on any atom is -0.462 e. The van der Waals surface area contributed by atoms with Gasteiger partial charge in [0.05, 0.1) is 0 Å². The van der Waals surface area contributed by atoms with Crippen LogP contribution in [0.1, 0.15) is 278 Å². The van der Waals surface area contributed by atoms with Crippen molar-refractivity contribution >= 4 is 17.9 Å². The lowest BCUT2D eigenvalue weighted by Crippen LogP contribution is -2.30. The van der Waals surface area contributed by atoms with Crippen molar-refractivity contribution in [3.8, 4) is 0 Å². The highest BCUT2D eigenvalue weighted by Crippen LogP contribution is 2.16. The van der Waals surface area contributed by atoms with Crippen LogP contribution < -0.4 is 0 Å². The van der Waals surface area contributed by atoms with E-state index in [1.54, 1.807) is 0 Å². The number of hydrogen-bond acceptors (Lipinski definition) is 6. The molecule has 0 aliphatic heterocycles. The maximum absolute atomic E-state index is 12.8. The summed E-state index contributed by atoms with van der Waals surface area (Å²) in [4.78, 5) is 38.0. The first kappa shape index (κ1) is 60.4. The normalized spacial score (nSPS) is 12.4. The highest BCUT2D eigenvalue weighted by atomic mass is 16.6. The second kappa shape index (κ2) is 52.0. The molecule has 0 bridgehead atoms. The standard InChI is InChI=1S/C57H102O6/c1-4-7-10-13-16-19-22-24-26-27-28-29-31-32-35-38-41-44-47-50-56(59)62-53-54(52-61-55(58)49-46-43-40-37-34-21-18-15-12-9-6-3)63-57(60)51-48-45-42-39-36-33-30-25-23-20-17-14-11-8-5-2/h8,11,15,17-18,20,25,30,54H,4-7,9-10,12-14,16,19,21-24,26-29,31-53H2,1-3H3/b11-8-,18-15-,20-17-,30-25-. The van der Waals surface area contributed by atoms with Crippen LogP contribution in [0.4, 0.5) is 0 Å². The number of allylic oxidation sites excluding steroid dienone is 8. The average Bonchev–Trinajstić information content (AvgIpc) is 3.28. The number of ether oxygens (including phenoxy) is 3. The van der Waals surface area contributed by atoms with E-state index in [9.17, 15) is 14.4 Å². The number of unbranched alkanes of at least 4 members (excludes halogenated alkanes) is 30. The van der Waals surface area contributed by atoms with Crippen LogP contribution in [0.3, 0.4) is 0 Å². The molecule has 0 heterocycles. The van der Waals surface area contributed by atoms with Crippen LogP contribution in [-0.2, 0) is 28.6 Å². The molecule has 6 nitrogen and oxygen atoms in total. The van der Waals surface area contributed by atoms with E-state index < -0.39 is 6.10 Å². The zero-order valence-electron chi connectivity index (χ0n) is 41.8. The van der Waals surface area contributed by atoms with Crippen molar-refractivity contribution in [3.63, 3.8) is 0 Å². The first-order valence-electron chi connectivity index (χ1n) is 27.1. The third kappa shape index (κ3) is 50.2. The van der Waals surface area contributed by atoms with Crippen molar-refractivity contribution < 1.29 is 28.6 Å². The van der Waals surface area contributed by atoms with Gasteiger partial charge < -0.3 is 14.2 Å². The summed E-state index contributed by atoms with van der Waals surface area (Å²) in [5.41, 5.74) is 0. The Bertz CT molecular complexity index is 1110. The first-order valence-corrected chi connectivity index (χ1v) is 27.1. The van der Waals surface area contributed by atoms with Crippen LogP contribution in [-0.4, -0.2) is 37.2 Å². The quantitative estimate of drug-likeness (QED) is 0.0262. The molecule has 0 aromatic heterocycles. The fourth-order valence-corrected chi connectivity index (χ4v) is 7.73. The Labute approximate surface area is 390 Å². The van der Waals surface area contributed by atoms with Gasteiger partial charge in [-0.15, -0.1) is 0 Å². The summed E-state index contributed by atoms with van der Waals surface area (Å²) in [6.45, 7) is 6.49. The van der Waals surface area contributed by atoms with Crippen molar-refractivity contribution in [1.29, 1.82) is 0 Å². The first-order chi connectivity index (χ1) is 31.0. The summed E-state index contributed by atoms with van der Waals surface area (Å²) in [6.07, 6.45) is 62.4. The van der Waals surface area contributed by atoms with E-state index in [0.717, 1.165) is 103 Å². The molecule has 0 aromatic carbocycles. The van der Waals surface area contributed by atoms with Crippen LogP contribution in [0.15, 0.2) is 48.6 Å². The lowest BCUT2D eigenvalue weighted by molar-refractivity contribution is -0.167. The number of esters is 3. The van der Waals surface area contributed by atoms with Gasteiger partial charge in [0.1, 0.15) is 13.2 Å². The second-order valence-electron chi connectivity index (χ2n) is 18.1. The van der Waals surface area contributed by atoms with Crippen molar-refractivity contribution in [3.05, 3.63) is 48.6 Å². The maximum Gasteiger partial charge on any atom is 0.306 e. The Kier molecular flexibility index (Phi) is 49.8. The number of hydrogen-bond donors (Lipinski definition) is 0. The molecule has 0 fully saturated rings. The predicted molar refractivity (Wildman–Crippen MR) is 270 cm³/mol. The van der Waals surface area contributed by atoms with Crippen LogP contribution >= 0.6 is 0 Å². The smallest absolute Gasteiger partial charge is 0.306 e. The molecule has 0 aliphatic rings. The summed E-state index contributed by atoms with van der Waals surface area (Å²) >= 11 is 0. The molecule has 0 saturated carbocycles. The molecule has 0 aliphatic carbocycles. The number of carbonyl (C=O) groups excluding carboxylic acids is 3. The average molecular weight is 883 g/mol. The number of carbonyl (C=O) groups is 3. The summed E-state index contributed by atoms with van der Waals surface area (Å²) in [7, 11) is 0. The van der Waals surface area contributed by atoms with Gasteiger partial charge in [0, 0.05) is 19.3 Å². The summed E-state index contributed by atoms with van der Waals surface area (Å²) < 4.78 is 16.8. The molecule has 0 radical (unpaired) electrons. The van der Waals surface area contributed by atoms with E-state index in [1.165, 1.54) is 135 Å². The molecule has 1 unspecified atom stereocenters. The lowest BCUT2D eigenvalue weighted by Gasteiger charge is -2.18. The van der Waals surface area contributed by atoms with Crippen molar-refractivity contribution in [2.24, 2.45) is 0 Å². The zero-order chi connectivity index (χ0) is 45.8. The fourth-order valence-electron chi connectivity index (χ4n) is 7.73. The topological polar surface area (TPSA) is 78.9 Å². The molecule has 0 saturated heterocycles. The number of rotatable bonds is 49. The molecule has 0 aromatic rings. The third-order valence-electron chi connectivity index (χ3n) is 11.8. The fraction of sp³-hybridized carbons (Fsp3) is 0.807. The van der Waals surface area contributed by atoms with E-state index in [-0.39, 0.29) is 31.1 Å². The Hall–Kier alpha value is -2.63. The van der Waals surface area contributed by atoms with Gasteiger partial charge in [-0.3, -0.25) is 14.4 Å². The van der Waals surface area contributed by atoms with Gasteiger partial charge in [-0.25, -0.2) is 0 Å². The molecular formula is C57H102O6. The van der Waals surface area contributed by atoms with Crippen LogP contribution in [0.5, 0.6) is 0 Å². The van der Waals surface area contributed by atoms with Crippen LogP contribution in [0.25, 0.3) is 0 Å². The Morgan fingerprint density at radius 2 is 0.635 bits per heavy atom. The van der Waals surface area contributed by atoms with E-state index in [4.69, 9.17) is 14.2 Å². The zero-order valence-corrected chi connectivity index (χ0v) is 41.8. The van der Waals surface area contributed by atoms with Gasteiger partial charge in [-0.2, -0.15) is 0 Å². The van der Waals surface area contributed by atoms with Crippen LogP contribution in [0.2, 0.25) is 0 Å². The molecule has 366 valence electrons. The third-order valence-corrected chi connectivity index (χ3v) is 11.8.